The molecular weight excluding hydrogens is 346 g/mol. The number of carbonyl (C=O) groups is 1. The third-order valence-corrected chi connectivity index (χ3v) is 4.68. The first-order valence-electron chi connectivity index (χ1n) is 9.01. The molecule has 26 heavy (non-hydrogen) atoms. The zero-order chi connectivity index (χ0) is 18.8. The van der Waals surface area contributed by atoms with Gasteiger partial charge in [-0.05, 0) is 49.3 Å². The Morgan fingerprint density at radius 2 is 1.81 bits per heavy atom. The molecule has 0 bridgehead atoms. The molecule has 1 aromatic heterocycles. The Kier molecular flexibility index (Phi) is 8.41. The van der Waals surface area contributed by atoms with Gasteiger partial charge in [0.15, 0.2) is 0 Å². The Hall–Kier alpha value is -2.08. The van der Waals surface area contributed by atoms with Crippen LogP contribution in [0.4, 0.5) is 5.82 Å². The second-order valence-electron chi connectivity index (χ2n) is 5.85. The van der Waals surface area contributed by atoms with E-state index in [9.17, 15) is 4.79 Å². The predicted octanol–water partition coefficient (Wildman–Crippen LogP) is 3.78. The molecule has 0 saturated carbocycles. The molecule has 1 aromatic carbocycles. The summed E-state index contributed by atoms with van der Waals surface area (Å²) in [7, 11) is 0. The summed E-state index contributed by atoms with van der Waals surface area (Å²) in [6.07, 6.45) is 6.23. The Morgan fingerprint density at radius 3 is 2.42 bits per heavy atom. The molecule has 1 heterocycles. The van der Waals surface area contributed by atoms with Crippen LogP contribution in [0.1, 0.15) is 41.0 Å². The van der Waals surface area contributed by atoms with Crippen LogP contribution in [0, 0.1) is 0 Å². The van der Waals surface area contributed by atoms with Gasteiger partial charge in [0.2, 0.25) is 0 Å². The first kappa shape index (κ1) is 20.2. The van der Waals surface area contributed by atoms with Crippen LogP contribution in [0.2, 0.25) is 0 Å². The number of anilines is 1. The van der Waals surface area contributed by atoms with Crippen molar-refractivity contribution in [1.82, 2.24) is 9.97 Å². The van der Waals surface area contributed by atoms with Gasteiger partial charge < -0.3 is 10.1 Å². The lowest BCUT2D eigenvalue weighted by Crippen LogP contribution is -2.16. The Balaban J connectivity index is 1.99. The molecule has 5 nitrogen and oxygen atoms in total. The fourth-order valence-corrected chi connectivity index (χ4v) is 3.10. The van der Waals surface area contributed by atoms with Crippen LogP contribution in [-0.2, 0) is 24.0 Å². The maximum absolute atomic E-state index is 12.3. The minimum atomic E-state index is -0.370. The standard InChI is InChI=1S/C20H27N3O2S/c1-4-17-18(20(24)25-5-2)19(23-14-22-17)21-12-10-15-6-8-16(9-7-15)11-13-26-3/h6-9,14H,4-5,10-13H2,1-3H3,(H,21,22,23). The second-order valence-corrected chi connectivity index (χ2v) is 6.84. The van der Waals surface area contributed by atoms with Gasteiger partial charge in [-0.3, -0.25) is 0 Å². The zero-order valence-corrected chi connectivity index (χ0v) is 16.6. The summed E-state index contributed by atoms with van der Waals surface area (Å²) >= 11 is 1.86. The quantitative estimate of drug-likeness (QED) is 0.640. The normalized spacial score (nSPS) is 10.6. The van der Waals surface area contributed by atoms with Gasteiger partial charge in [-0.15, -0.1) is 0 Å². The van der Waals surface area contributed by atoms with Crippen LogP contribution in [0.15, 0.2) is 30.6 Å². The lowest BCUT2D eigenvalue weighted by Gasteiger charge is -2.13. The smallest absolute Gasteiger partial charge is 0.343 e. The van der Waals surface area contributed by atoms with E-state index in [0.717, 1.165) is 18.6 Å². The molecule has 0 atom stereocenters. The number of hydrogen-bond donors (Lipinski definition) is 1. The summed E-state index contributed by atoms with van der Waals surface area (Å²) in [5.41, 5.74) is 3.78. The number of esters is 1. The summed E-state index contributed by atoms with van der Waals surface area (Å²) in [4.78, 5) is 20.7. The van der Waals surface area contributed by atoms with E-state index in [1.165, 1.54) is 17.5 Å². The van der Waals surface area contributed by atoms with Crippen molar-refractivity contribution in [2.45, 2.75) is 33.1 Å². The van der Waals surface area contributed by atoms with E-state index in [4.69, 9.17) is 4.74 Å². The average molecular weight is 374 g/mol. The number of nitrogens with zero attached hydrogens (tertiary/aromatic N) is 2. The lowest BCUT2D eigenvalue weighted by molar-refractivity contribution is 0.0525. The summed E-state index contributed by atoms with van der Waals surface area (Å²) in [5.74, 6) is 1.32. The van der Waals surface area contributed by atoms with Crippen molar-refractivity contribution in [1.29, 1.82) is 0 Å². The fraction of sp³-hybridized carbons (Fsp3) is 0.450. The molecule has 0 unspecified atom stereocenters. The van der Waals surface area contributed by atoms with Crippen LogP contribution in [0.25, 0.3) is 0 Å². The van der Waals surface area contributed by atoms with Gasteiger partial charge >= 0.3 is 5.97 Å². The van der Waals surface area contributed by atoms with E-state index in [0.29, 0.717) is 36.6 Å². The number of hydrogen-bond acceptors (Lipinski definition) is 6. The van der Waals surface area contributed by atoms with E-state index in [1.54, 1.807) is 6.92 Å². The summed E-state index contributed by atoms with van der Waals surface area (Å²) in [6.45, 7) is 4.78. The number of aromatic nitrogens is 2. The van der Waals surface area contributed by atoms with E-state index < -0.39 is 0 Å². The number of thioether (sulfide) groups is 1. The molecule has 0 aliphatic carbocycles. The van der Waals surface area contributed by atoms with Crippen molar-refractivity contribution in [3.05, 3.63) is 53.0 Å². The van der Waals surface area contributed by atoms with Crippen LogP contribution >= 0.6 is 11.8 Å². The Morgan fingerprint density at radius 1 is 1.12 bits per heavy atom. The number of aryl methyl sites for hydroxylation is 2. The van der Waals surface area contributed by atoms with Crippen molar-refractivity contribution < 1.29 is 9.53 Å². The Labute approximate surface area is 160 Å². The van der Waals surface area contributed by atoms with E-state index in [-0.39, 0.29) is 5.97 Å². The fourth-order valence-electron chi connectivity index (χ4n) is 2.66. The third-order valence-electron chi connectivity index (χ3n) is 4.06. The minimum Gasteiger partial charge on any atom is -0.462 e. The topological polar surface area (TPSA) is 64.1 Å². The summed E-state index contributed by atoms with van der Waals surface area (Å²) < 4.78 is 5.16. The molecule has 2 rings (SSSR count). The molecule has 2 aromatic rings. The molecule has 6 heteroatoms. The molecule has 0 amide bonds. The minimum absolute atomic E-state index is 0.333. The van der Waals surface area contributed by atoms with Crippen molar-refractivity contribution in [2.24, 2.45) is 0 Å². The third kappa shape index (κ3) is 5.73. The average Bonchev–Trinajstić information content (AvgIpc) is 2.67. The summed E-state index contributed by atoms with van der Waals surface area (Å²) in [6, 6.07) is 8.72. The van der Waals surface area contributed by atoms with E-state index in [2.05, 4.69) is 45.8 Å². The maximum Gasteiger partial charge on any atom is 0.343 e. The van der Waals surface area contributed by atoms with Gasteiger partial charge in [-0.1, -0.05) is 31.2 Å². The van der Waals surface area contributed by atoms with E-state index >= 15 is 0 Å². The molecule has 0 saturated heterocycles. The highest BCUT2D eigenvalue weighted by molar-refractivity contribution is 7.98. The van der Waals surface area contributed by atoms with Crippen LogP contribution in [0.3, 0.4) is 0 Å². The van der Waals surface area contributed by atoms with Gasteiger partial charge in [-0.25, -0.2) is 14.8 Å². The van der Waals surface area contributed by atoms with Crippen molar-refractivity contribution in [3.63, 3.8) is 0 Å². The lowest BCUT2D eigenvalue weighted by atomic mass is 10.1. The van der Waals surface area contributed by atoms with Crippen LogP contribution in [-0.4, -0.2) is 41.1 Å². The van der Waals surface area contributed by atoms with Crippen molar-refractivity contribution in [2.75, 3.05) is 30.5 Å². The molecule has 0 spiro atoms. The monoisotopic (exact) mass is 373 g/mol. The number of carbonyl (C=O) groups excluding carboxylic acids is 1. The van der Waals surface area contributed by atoms with Crippen LogP contribution < -0.4 is 5.32 Å². The number of benzene rings is 1. The second kappa shape index (κ2) is 10.8. The molecule has 0 aliphatic heterocycles. The molecule has 1 N–H and O–H groups in total. The van der Waals surface area contributed by atoms with Gasteiger partial charge in [0.1, 0.15) is 17.7 Å². The molecule has 0 radical (unpaired) electrons. The molecule has 0 fully saturated rings. The van der Waals surface area contributed by atoms with Crippen molar-refractivity contribution in [3.8, 4) is 0 Å². The molecular formula is C20H27N3O2S. The van der Waals surface area contributed by atoms with Gasteiger partial charge in [0.25, 0.3) is 0 Å². The first-order chi connectivity index (χ1) is 12.7. The SMILES string of the molecule is CCOC(=O)c1c(CC)ncnc1NCCc1ccc(CCSC)cc1. The highest BCUT2D eigenvalue weighted by Gasteiger charge is 2.19. The Bertz CT molecular complexity index is 705. The summed E-state index contributed by atoms with van der Waals surface area (Å²) in [5, 5.41) is 3.27. The number of nitrogens with one attached hydrogen (secondary N) is 1. The zero-order valence-electron chi connectivity index (χ0n) is 15.7. The van der Waals surface area contributed by atoms with Crippen LogP contribution in [0.5, 0.6) is 0 Å². The highest BCUT2D eigenvalue weighted by atomic mass is 32.2. The highest BCUT2D eigenvalue weighted by Crippen LogP contribution is 2.18. The van der Waals surface area contributed by atoms with Crippen molar-refractivity contribution >= 4 is 23.5 Å². The van der Waals surface area contributed by atoms with E-state index in [1.807, 2.05) is 18.7 Å². The largest absolute Gasteiger partial charge is 0.462 e. The molecule has 140 valence electrons. The van der Waals surface area contributed by atoms with Gasteiger partial charge in [0.05, 0.1) is 12.3 Å². The molecule has 0 aliphatic rings. The van der Waals surface area contributed by atoms with Gasteiger partial charge in [-0.2, -0.15) is 11.8 Å². The number of ether oxygens (including phenoxy) is 1. The first-order valence-corrected chi connectivity index (χ1v) is 10.4. The maximum atomic E-state index is 12.3. The van der Waals surface area contributed by atoms with Gasteiger partial charge in [0, 0.05) is 6.54 Å². The predicted molar refractivity (Wildman–Crippen MR) is 108 cm³/mol. The number of rotatable bonds is 10.